The van der Waals surface area contributed by atoms with Gasteiger partial charge in [-0.2, -0.15) is 26.3 Å². The Morgan fingerprint density at radius 1 is 0.682 bits per heavy atom. The predicted molar refractivity (Wildman–Crippen MR) is 50.8 cm³/mol. The summed E-state index contributed by atoms with van der Waals surface area (Å²) in [7, 11) is 0. The van der Waals surface area contributed by atoms with Crippen LogP contribution >= 0.6 is 0 Å². The third-order valence-electron chi connectivity index (χ3n) is 4.57. The lowest BCUT2D eigenvalue weighted by Crippen LogP contribution is -2.86. The van der Waals surface area contributed by atoms with Crippen molar-refractivity contribution in [3.05, 3.63) is 0 Å². The van der Waals surface area contributed by atoms with E-state index in [0.717, 1.165) is 0 Å². The average molecular weight is 350 g/mol. The van der Waals surface area contributed by atoms with E-state index in [1.165, 1.54) is 0 Å². The molecule has 0 aromatic carbocycles. The van der Waals surface area contributed by atoms with Crippen LogP contribution in [-0.4, -0.2) is 41.7 Å². The van der Waals surface area contributed by atoms with Gasteiger partial charge in [-0.3, -0.25) is 0 Å². The van der Waals surface area contributed by atoms with Gasteiger partial charge in [-0.1, -0.05) is 6.92 Å². The van der Waals surface area contributed by atoms with Crippen LogP contribution in [0.1, 0.15) is 19.8 Å². The van der Waals surface area contributed by atoms with Crippen LogP contribution in [0.2, 0.25) is 0 Å². The molecule has 11 heteroatoms. The number of hydrogen-bond acceptors (Lipinski definition) is 0. The highest BCUT2D eigenvalue weighted by atomic mass is 19.3. The van der Waals surface area contributed by atoms with Crippen molar-refractivity contribution in [2.75, 3.05) is 6.67 Å². The van der Waals surface area contributed by atoms with Crippen molar-refractivity contribution in [3.63, 3.8) is 0 Å². The summed E-state index contributed by atoms with van der Waals surface area (Å²) in [4.78, 5) is 0. The lowest BCUT2D eigenvalue weighted by Gasteiger charge is -2.62. The molecule has 2 fully saturated rings. The van der Waals surface area contributed by atoms with Gasteiger partial charge in [-0.25, -0.2) is 22.0 Å². The Bertz CT molecular complexity index is 490. The molecule has 2 bridgehead atoms. The Balaban J connectivity index is 2.88. The predicted octanol–water partition coefficient (Wildman–Crippen LogP) is 4.73. The lowest BCUT2D eigenvalue weighted by molar-refractivity contribution is -0.466. The second kappa shape index (κ2) is 3.82. The van der Waals surface area contributed by atoms with Crippen LogP contribution in [-0.2, 0) is 0 Å². The number of fused-ring (bicyclic) bond motifs is 2. The largest absolute Gasteiger partial charge is 0.355 e. The minimum Gasteiger partial charge on any atom is -0.247 e. The minimum absolute atomic E-state index is 0.0592. The van der Waals surface area contributed by atoms with Crippen molar-refractivity contribution in [1.29, 1.82) is 0 Å². The van der Waals surface area contributed by atoms with Crippen molar-refractivity contribution in [2.45, 2.75) is 54.8 Å². The molecule has 0 aromatic heterocycles. The molecule has 0 radical (unpaired) electrons. The SMILES string of the molecule is CC12CC(F)(F)C(F)(F)C(F)(C1(F)F)C(F)(F)C(F)(CF)C2. The Labute approximate surface area is 116 Å². The molecule has 2 saturated carbocycles. The van der Waals surface area contributed by atoms with E-state index in [9.17, 15) is 48.3 Å². The second-order valence-electron chi connectivity index (χ2n) is 6.10. The molecule has 0 nitrogen and oxygen atoms in total. The first-order valence-electron chi connectivity index (χ1n) is 5.92. The van der Waals surface area contributed by atoms with E-state index in [0.29, 0.717) is 0 Å². The maximum atomic E-state index is 14.2. The molecule has 0 saturated heterocycles. The molecule has 22 heavy (non-hydrogen) atoms. The summed E-state index contributed by atoms with van der Waals surface area (Å²) in [5.74, 6) is -24.3. The van der Waals surface area contributed by atoms with Gasteiger partial charge in [-0.05, 0) is 0 Å². The fraction of sp³-hybridized carbons (Fsp3) is 1.00. The van der Waals surface area contributed by atoms with Gasteiger partial charge < -0.3 is 0 Å². The normalized spacial score (nSPS) is 48.0. The lowest BCUT2D eigenvalue weighted by atomic mass is 9.51. The first-order valence-corrected chi connectivity index (χ1v) is 5.92. The molecule has 3 unspecified atom stereocenters. The summed E-state index contributed by atoms with van der Waals surface area (Å²) in [6, 6.07) is 0. The van der Waals surface area contributed by atoms with E-state index >= 15 is 0 Å². The highest BCUT2D eigenvalue weighted by Crippen LogP contribution is 2.75. The van der Waals surface area contributed by atoms with E-state index in [-0.39, 0.29) is 6.92 Å². The van der Waals surface area contributed by atoms with Gasteiger partial charge in [0, 0.05) is 18.3 Å². The molecule has 0 spiro atoms. The molecule has 2 rings (SSSR count). The van der Waals surface area contributed by atoms with Gasteiger partial charge in [-0.15, -0.1) is 0 Å². The van der Waals surface area contributed by atoms with Gasteiger partial charge in [0.25, 0.3) is 5.92 Å². The Kier molecular flexibility index (Phi) is 3.06. The van der Waals surface area contributed by atoms with E-state index in [2.05, 4.69) is 0 Å². The third kappa shape index (κ3) is 1.37. The van der Waals surface area contributed by atoms with Gasteiger partial charge in [0.15, 0.2) is 0 Å². The van der Waals surface area contributed by atoms with Crippen LogP contribution in [0.3, 0.4) is 0 Å². The molecular formula is C11H9F11. The Morgan fingerprint density at radius 2 is 1.14 bits per heavy atom. The maximum Gasteiger partial charge on any atom is 0.355 e. The summed E-state index contributed by atoms with van der Waals surface area (Å²) < 4.78 is 150. The zero-order valence-corrected chi connectivity index (χ0v) is 10.8. The molecule has 0 N–H and O–H groups in total. The summed E-state index contributed by atoms with van der Waals surface area (Å²) in [6.07, 6.45) is -4.69. The average Bonchev–Trinajstić information content (AvgIpc) is 2.33. The first kappa shape index (κ1) is 17.6. The molecule has 0 aliphatic heterocycles. The Morgan fingerprint density at radius 3 is 1.55 bits per heavy atom. The first-order chi connectivity index (χ1) is 9.47. The van der Waals surface area contributed by atoms with Crippen molar-refractivity contribution < 1.29 is 48.3 Å². The summed E-state index contributed by atoms with van der Waals surface area (Å²) in [5.41, 5.74) is -14.9. The van der Waals surface area contributed by atoms with E-state index in [1.807, 2.05) is 0 Å². The van der Waals surface area contributed by atoms with E-state index < -0.39 is 60.0 Å². The molecule has 3 atom stereocenters. The second-order valence-corrected chi connectivity index (χ2v) is 6.10. The van der Waals surface area contributed by atoms with Crippen molar-refractivity contribution in [1.82, 2.24) is 0 Å². The molecule has 0 aromatic rings. The quantitative estimate of drug-likeness (QED) is 0.600. The highest BCUT2D eigenvalue weighted by molar-refractivity contribution is 5.32. The number of hydrogen-bond donors (Lipinski definition) is 0. The molecule has 2 aliphatic rings. The fourth-order valence-corrected chi connectivity index (χ4v) is 3.31. The minimum atomic E-state index is -6.60. The third-order valence-corrected chi connectivity index (χ3v) is 4.57. The van der Waals surface area contributed by atoms with Crippen molar-refractivity contribution in [2.24, 2.45) is 5.41 Å². The molecule has 0 heterocycles. The number of halogens is 11. The summed E-state index contributed by atoms with van der Waals surface area (Å²) >= 11 is 0. The van der Waals surface area contributed by atoms with Crippen LogP contribution in [0.25, 0.3) is 0 Å². The zero-order chi connectivity index (χ0) is 17.6. The number of alkyl halides is 11. The maximum absolute atomic E-state index is 14.2. The summed E-state index contributed by atoms with van der Waals surface area (Å²) in [6.45, 7) is -2.72. The van der Waals surface area contributed by atoms with Crippen LogP contribution < -0.4 is 0 Å². The number of rotatable bonds is 1. The van der Waals surface area contributed by atoms with Gasteiger partial charge in [0.1, 0.15) is 6.67 Å². The van der Waals surface area contributed by atoms with E-state index in [4.69, 9.17) is 0 Å². The monoisotopic (exact) mass is 350 g/mol. The standard InChI is InChI=1S/C11H9F11/c1-5-2-6(13,4-12)10(19,20)8(16,9(5,17)18)11(21,22)7(14,15)3-5/h2-4H2,1H3. The van der Waals surface area contributed by atoms with Crippen molar-refractivity contribution in [3.8, 4) is 0 Å². The highest BCUT2D eigenvalue weighted by Gasteiger charge is 2.99. The van der Waals surface area contributed by atoms with Gasteiger partial charge in [0.05, 0.1) is 0 Å². The molecule has 130 valence electrons. The van der Waals surface area contributed by atoms with Crippen LogP contribution in [0.5, 0.6) is 0 Å². The van der Waals surface area contributed by atoms with E-state index in [1.54, 1.807) is 0 Å². The van der Waals surface area contributed by atoms with Crippen LogP contribution in [0, 0.1) is 5.41 Å². The molecule has 0 amide bonds. The summed E-state index contributed by atoms with van der Waals surface area (Å²) in [5, 5.41) is 0. The van der Waals surface area contributed by atoms with Crippen molar-refractivity contribution >= 4 is 0 Å². The fourth-order valence-electron chi connectivity index (χ4n) is 3.31. The Hall–Kier alpha value is -0.770. The molecular weight excluding hydrogens is 341 g/mol. The van der Waals surface area contributed by atoms with Gasteiger partial charge >= 0.3 is 23.4 Å². The van der Waals surface area contributed by atoms with Gasteiger partial charge in [0.2, 0.25) is 5.67 Å². The smallest absolute Gasteiger partial charge is 0.247 e. The zero-order valence-electron chi connectivity index (χ0n) is 10.8. The topological polar surface area (TPSA) is 0 Å². The van der Waals surface area contributed by atoms with Crippen LogP contribution in [0.15, 0.2) is 0 Å². The molecule has 2 aliphatic carbocycles. The van der Waals surface area contributed by atoms with Crippen LogP contribution in [0.4, 0.5) is 48.3 Å².